The van der Waals surface area contributed by atoms with Gasteiger partial charge in [-0.25, -0.2) is 9.37 Å². The number of hydrogen-bond donors (Lipinski definition) is 3. The normalized spacial score (nSPS) is 12.5. The molecule has 0 spiro atoms. The molecule has 0 saturated carbocycles. The molecule has 3 N–H and O–H groups in total. The van der Waals surface area contributed by atoms with Crippen molar-refractivity contribution >= 4 is 44.4 Å². The van der Waals surface area contributed by atoms with Gasteiger partial charge in [-0.1, -0.05) is 24.3 Å². The Balaban J connectivity index is 1.59. The van der Waals surface area contributed by atoms with Crippen LogP contribution < -0.4 is 10.0 Å². The quantitative estimate of drug-likeness (QED) is 0.288. The Labute approximate surface area is 187 Å². The first-order valence-corrected chi connectivity index (χ1v) is 12.4. The molecule has 31 heavy (non-hydrogen) atoms. The van der Waals surface area contributed by atoms with Crippen LogP contribution in [-0.4, -0.2) is 18.0 Å². The lowest BCUT2D eigenvalue weighted by molar-refractivity contribution is 0.489. The molecule has 4 aromatic rings. The van der Waals surface area contributed by atoms with Crippen LogP contribution in [0.5, 0.6) is 0 Å². The summed E-state index contributed by atoms with van der Waals surface area (Å²) in [6.45, 7) is 0. The second-order valence-electron chi connectivity index (χ2n) is 6.74. The van der Waals surface area contributed by atoms with Gasteiger partial charge in [0.05, 0.1) is 22.3 Å². The van der Waals surface area contributed by atoms with E-state index in [1.54, 1.807) is 59.1 Å². The molecule has 1 atom stereocenters. The van der Waals surface area contributed by atoms with Crippen LogP contribution in [0.4, 0.5) is 15.8 Å². The molecular formula is C21H18FN3O3S3. The van der Waals surface area contributed by atoms with Crippen LogP contribution in [0.3, 0.4) is 0 Å². The monoisotopic (exact) mass is 475 g/mol. The number of rotatable bonds is 8. The fourth-order valence-electron chi connectivity index (χ4n) is 3.06. The maximum atomic E-state index is 13.7. The molecule has 0 aliphatic rings. The zero-order chi connectivity index (χ0) is 21.8. The van der Waals surface area contributed by atoms with Gasteiger partial charge in [-0.2, -0.15) is 8.42 Å². The number of aromatic nitrogens is 1. The minimum atomic E-state index is -4.33. The summed E-state index contributed by atoms with van der Waals surface area (Å²) in [5.74, 6) is -0.332. The maximum absolute atomic E-state index is 13.7. The molecule has 2 heterocycles. The van der Waals surface area contributed by atoms with E-state index in [4.69, 9.17) is 9.54 Å². The van der Waals surface area contributed by atoms with Crippen molar-refractivity contribution in [2.75, 3.05) is 10.0 Å². The second-order valence-corrected chi connectivity index (χ2v) is 9.70. The molecule has 1 unspecified atom stereocenters. The summed E-state index contributed by atoms with van der Waals surface area (Å²) < 4.78 is 46.6. The summed E-state index contributed by atoms with van der Waals surface area (Å²) in [7, 11) is -4.33. The summed E-state index contributed by atoms with van der Waals surface area (Å²) in [4.78, 5) is 5.87. The van der Waals surface area contributed by atoms with Crippen molar-refractivity contribution in [2.45, 2.75) is 12.5 Å². The highest BCUT2D eigenvalue weighted by atomic mass is 32.2. The summed E-state index contributed by atoms with van der Waals surface area (Å²) in [5, 5.41) is 8.26. The highest BCUT2D eigenvalue weighted by Gasteiger charge is 2.18. The molecule has 0 saturated heterocycles. The lowest BCUT2D eigenvalue weighted by Gasteiger charge is -2.19. The first-order valence-electron chi connectivity index (χ1n) is 9.21. The zero-order valence-electron chi connectivity index (χ0n) is 16.0. The van der Waals surface area contributed by atoms with Crippen molar-refractivity contribution < 1.29 is 17.4 Å². The van der Waals surface area contributed by atoms with Crippen molar-refractivity contribution in [1.82, 2.24) is 4.98 Å². The highest BCUT2D eigenvalue weighted by Crippen LogP contribution is 2.32. The number of hydrogen-bond acceptors (Lipinski definition) is 6. The third kappa shape index (κ3) is 5.88. The number of nitrogens with zero attached hydrogens (tertiary/aromatic N) is 1. The Morgan fingerprint density at radius 3 is 2.52 bits per heavy atom. The predicted octanol–water partition coefficient (Wildman–Crippen LogP) is 5.62. The number of anilines is 2. The third-order valence-corrected chi connectivity index (χ3v) is 6.81. The van der Waals surface area contributed by atoms with Crippen LogP contribution in [0.15, 0.2) is 71.4 Å². The van der Waals surface area contributed by atoms with Gasteiger partial charge in [0.2, 0.25) is 0 Å². The Kier molecular flexibility index (Phi) is 6.33. The SMILES string of the molecule is O=S(=O)(O)Nc1ccc(CC(Nc2cccc(F)c2)c2csc(-c3cccs3)n2)cc1. The summed E-state index contributed by atoms with van der Waals surface area (Å²) in [6.07, 6.45) is 0.538. The molecule has 0 bridgehead atoms. The van der Waals surface area contributed by atoms with Crippen molar-refractivity contribution in [3.63, 3.8) is 0 Å². The van der Waals surface area contributed by atoms with E-state index >= 15 is 0 Å². The zero-order valence-corrected chi connectivity index (χ0v) is 18.5. The van der Waals surface area contributed by atoms with E-state index < -0.39 is 10.3 Å². The number of benzene rings is 2. The number of thiophene rings is 1. The van der Waals surface area contributed by atoms with E-state index in [1.165, 1.54) is 12.1 Å². The maximum Gasteiger partial charge on any atom is 0.357 e. The molecule has 4 rings (SSSR count). The molecule has 160 valence electrons. The molecule has 6 nitrogen and oxygen atoms in total. The van der Waals surface area contributed by atoms with Crippen LogP contribution >= 0.6 is 22.7 Å². The summed E-state index contributed by atoms with van der Waals surface area (Å²) in [5.41, 5.74) is 2.65. The Bertz CT molecular complexity index is 1260. The van der Waals surface area contributed by atoms with Gasteiger partial charge in [-0.3, -0.25) is 9.27 Å². The standard InChI is InChI=1S/C21H18FN3O3S3/c22-15-3-1-4-17(12-15)23-18(19-13-30-21(24-19)20-5-2-10-29-20)11-14-6-8-16(9-7-14)25-31(26,27)28/h1-10,12-13,18,23,25H,11H2,(H,26,27,28). The molecule has 0 aliphatic carbocycles. The van der Waals surface area contributed by atoms with Crippen molar-refractivity contribution in [3.05, 3.63) is 88.5 Å². The van der Waals surface area contributed by atoms with E-state index in [0.717, 1.165) is 21.1 Å². The van der Waals surface area contributed by atoms with E-state index in [0.29, 0.717) is 12.1 Å². The Morgan fingerprint density at radius 2 is 1.84 bits per heavy atom. The van der Waals surface area contributed by atoms with E-state index in [-0.39, 0.29) is 17.5 Å². The largest absolute Gasteiger partial charge is 0.376 e. The fraction of sp³-hybridized carbons (Fsp3) is 0.0952. The molecular weight excluding hydrogens is 457 g/mol. The van der Waals surface area contributed by atoms with E-state index in [2.05, 4.69) is 5.32 Å². The van der Waals surface area contributed by atoms with Crippen LogP contribution in [0.1, 0.15) is 17.3 Å². The highest BCUT2D eigenvalue weighted by molar-refractivity contribution is 7.87. The third-order valence-electron chi connectivity index (χ3n) is 4.42. The smallest absolute Gasteiger partial charge is 0.357 e. The van der Waals surface area contributed by atoms with Crippen molar-refractivity contribution in [3.8, 4) is 9.88 Å². The van der Waals surface area contributed by atoms with Crippen LogP contribution in [-0.2, 0) is 16.7 Å². The Morgan fingerprint density at radius 1 is 1.03 bits per heavy atom. The minimum absolute atomic E-state index is 0.229. The summed E-state index contributed by atoms with van der Waals surface area (Å²) in [6, 6.07) is 16.7. The first-order chi connectivity index (χ1) is 14.9. The minimum Gasteiger partial charge on any atom is -0.376 e. The molecule has 2 aromatic carbocycles. The molecule has 0 radical (unpaired) electrons. The van der Waals surface area contributed by atoms with Crippen molar-refractivity contribution in [2.24, 2.45) is 0 Å². The second kappa shape index (κ2) is 9.15. The van der Waals surface area contributed by atoms with Crippen molar-refractivity contribution in [1.29, 1.82) is 0 Å². The van der Waals surface area contributed by atoms with Gasteiger partial charge in [0.25, 0.3) is 0 Å². The molecule has 2 aromatic heterocycles. The molecule has 10 heteroatoms. The van der Waals surface area contributed by atoms with Crippen LogP contribution in [0, 0.1) is 5.82 Å². The van der Waals surface area contributed by atoms with Gasteiger partial charge in [-0.15, -0.1) is 22.7 Å². The topological polar surface area (TPSA) is 91.3 Å². The molecule has 0 fully saturated rings. The lowest BCUT2D eigenvalue weighted by Crippen LogP contribution is -2.14. The van der Waals surface area contributed by atoms with Gasteiger partial charge >= 0.3 is 10.3 Å². The van der Waals surface area contributed by atoms with Gasteiger partial charge in [0.1, 0.15) is 10.8 Å². The number of thiazole rings is 1. The van der Waals surface area contributed by atoms with Crippen LogP contribution in [0.25, 0.3) is 9.88 Å². The van der Waals surface area contributed by atoms with Gasteiger partial charge in [-0.05, 0) is 53.8 Å². The predicted molar refractivity (Wildman–Crippen MR) is 124 cm³/mol. The van der Waals surface area contributed by atoms with Gasteiger partial charge < -0.3 is 5.32 Å². The van der Waals surface area contributed by atoms with Gasteiger partial charge in [0.15, 0.2) is 0 Å². The number of halogens is 1. The molecule has 0 aliphatic heterocycles. The molecule has 0 amide bonds. The summed E-state index contributed by atoms with van der Waals surface area (Å²) >= 11 is 3.17. The van der Waals surface area contributed by atoms with E-state index in [9.17, 15) is 12.8 Å². The Hall–Kier alpha value is -2.79. The van der Waals surface area contributed by atoms with Gasteiger partial charge in [0, 0.05) is 11.1 Å². The first kappa shape index (κ1) is 21.4. The van der Waals surface area contributed by atoms with E-state index in [1.807, 2.05) is 27.6 Å². The van der Waals surface area contributed by atoms with Crippen LogP contribution in [0.2, 0.25) is 0 Å². The average Bonchev–Trinajstić information content (AvgIpc) is 3.40. The lowest BCUT2D eigenvalue weighted by atomic mass is 10.0. The average molecular weight is 476 g/mol. The number of nitrogens with one attached hydrogen (secondary N) is 2. The fourth-order valence-corrected chi connectivity index (χ4v) is 5.18.